The molecule has 0 amide bonds. The minimum absolute atomic E-state index is 0.251. The lowest BCUT2D eigenvalue weighted by atomic mass is 10.0. The lowest BCUT2D eigenvalue weighted by Gasteiger charge is -2.03. The summed E-state index contributed by atoms with van der Waals surface area (Å²) in [5, 5.41) is 24.4. The van der Waals surface area contributed by atoms with Crippen molar-refractivity contribution in [3.63, 3.8) is 0 Å². The van der Waals surface area contributed by atoms with Gasteiger partial charge in [0.05, 0.1) is 31.1 Å². The molecule has 0 aliphatic rings. The highest BCUT2D eigenvalue weighted by molar-refractivity contribution is 7.98. The number of rotatable bonds is 8. The van der Waals surface area contributed by atoms with Crippen molar-refractivity contribution < 1.29 is 9.53 Å². The van der Waals surface area contributed by atoms with Gasteiger partial charge in [0.15, 0.2) is 5.69 Å². The number of hydrogen-bond acceptors (Lipinski definition) is 8. The third kappa shape index (κ3) is 4.72. The number of methoxy groups -OCH3 is 1. The molecule has 3 heterocycles. The van der Waals surface area contributed by atoms with Crippen LogP contribution in [-0.4, -0.2) is 54.1 Å². The molecule has 1 aromatic carbocycles. The van der Waals surface area contributed by atoms with Crippen molar-refractivity contribution in [3.8, 4) is 11.1 Å². The first-order valence-electron chi connectivity index (χ1n) is 9.49. The topological polar surface area (TPSA) is 116 Å². The van der Waals surface area contributed by atoms with Gasteiger partial charge in [0.25, 0.3) is 0 Å². The van der Waals surface area contributed by atoms with Gasteiger partial charge in [0.1, 0.15) is 6.33 Å². The Bertz CT molecular complexity index is 1190. The summed E-state index contributed by atoms with van der Waals surface area (Å²) in [4.78, 5) is 11.5. The molecule has 0 aliphatic carbocycles. The van der Waals surface area contributed by atoms with Crippen LogP contribution in [0.3, 0.4) is 0 Å². The normalized spacial score (nSPS) is 11.3. The number of aromatic amines is 1. The third-order valence-electron chi connectivity index (χ3n) is 4.51. The number of esters is 1. The van der Waals surface area contributed by atoms with Gasteiger partial charge < -0.3 is 4.74 Å². The monoisotopic (exact) mass is 436 g/mol. The van der Waals surface area contributed by atoms with Gasteiger partial charge in [-0.25, -0.2) is 4.79 Å². The van der Waals surface area contributed by atoms with Crippen molar-refractivity contribution in [2.24, 2.45) is 5.10 Å². The van der Waals surface area contributed by atoms with Gasteiger partial charge >= 0.3 is 5.97 Å². The van der Waals surface area contributed by atoms with Crippen LogP contribution in [-0.2, 0) is 17.0 Å². The van der Waals surface area contributed by atoms with Crippen molar-refractivity contribution in [2.75, 3.05) is 7.11 Å². The van der Waals surface area contributed by atoms with Crippen molar-refractivity contribution >= 4 is 23.9 Å². The predicted molar refractivity (Wildman–Crippen MR) is 116 cm³/mol. The third-order valence-corrected chi connectivity index (χ3v) is 5.44. The smallest absolute Gasteiger partial charge is 0.358 e. The zero-order valence-electron chi connectivity index (χ0n) is 17.0. The highest BCUT2D eigenvalue weighted by atomic mass is 32.2. The summed E-state index contributed by atoms with van der Waals surface area (Å²) in [7, 11) is 1.32. The van der Waals surface area contributed by atoms with E-state index in [-0.39, 0.29) is 5.69 Å². The van der Waals surface area contributed by atoms with E-state index in [4.69, 9.17) is 0 Å². The standard InChI is InChI=1S/C20H20N8O2S/c1-3-14-4-6-15(7-5-14)16-10-21-24-18(16)11-23-28-12-22-25-20(28)31-13-27-9-8-17(26-27)19(29)30-2/h4-12H,3,13H2,1-2H3,(H,21,24)/b23-11+. The van der Waals surface area contributed by atoms with Gasteiger partial charge in [-0.2, -0.15) is 20.0 Å². The molecule has 158 valence electrons. The summed E-state index contributed by atoms with van der Waals surface area (Å²) in [6.45, 7) is 2.13. The Balaban J connectivity index is 1.45. The van der Waals surface area contributed by atoms with Gasteiger partial charge in [0, 0.05) is 11.8 Å². The average Bonchev–Trinajstić information content (AvgIpc) is 3.56. The van der Waals surface area contributed by atoms with E-state index in [1.54, 1.807) is 34.0 Å². The first-order valence-corrected chi connectivity index (χ1v) is 10.5. The number of carbonyl (C=O) groups is 1. The van der Waals surface area contributed by atoms with Gasteiger partial charge in [-0.3, -0.25) is 9.78 Å². The molecule has 4 rings (SSSR count). The van der Waals surface area contributed by atoms with Crippen LogP contribution in [0.15, 0.2) is 59.3 Å². The predicted octanol–water partition coefficient (Wildman–Crippen LogP) is 2.85. The molecule has 0 spiro atoms. The number of ether oxygens (including phenoxy) is 1. The molecule has 31 heavy (non-hydrogen) atoms. The number of aryl methyl sites for hydroxylation is 1. The number of H-pyrrole nitrogens is 1. The van der Waals surface area contributed by atoms with Crippen molar-refractivity contribution in [1.29, 1.82) is 0 Å². The van der Waals surface area contributed by atoms with E-state index < -0.39 is 5.97 Å². The Morgan fingerprint density at radius 2 is 2.13 bits per heavy atom. The lowest BCUT2D eigenvalue weighted by molar-refractivity contribution is 0.0593. The first-order chi connectivity index (χ1) is 15.2. The summed E-state index contributed by atoms with van der Waals surface area (Å²) in [6, 6.07) is 9.97. The second-order valence-electron chi connectivity index (χ2n) is 6.46. The van der Waals surface area contributed by atoms with E-state index in [2.05, 4.69) is 66.5 Å². The van der Waals surface area contributed by atoms with Crippen molar-refractivity contribution in [3.05, 3.63) is 66.0 Å². The Morgan fingerprint density at radius 1 is 1.29 bits per heavy atom. The summed E-state index contributed by atoms with van der Waals surface area (Å²) < 4.78 is 7.85. The maximum Gasteiger partial charge on any atom is 0.358 e. The minimum Gasteiger partial charge on any atom is -0.464 e. The molecule has 0 fully saturated rings. The molecule has 0 radical (unpaired) electrons. The van der Waals surface area contributed by atoms with E-state index in [0.29, 0.717) is 11.0 Å². The van der Waals surface area contributed by atoms with Crippen LogP contribution in [0.5, 0.6) is 0 Å². The summed E-state index contributed by atoms with van der Waals surface area (Å²) >= 11 is 1.38. The Hall–Kier alpha value is -3.73. The van der Waals surface area contributed by atoms with Crippen LogP contribution in [0.25, 0.3) is 11.1 Å². The molecular formula is C20H20N8O2S. The zero-order valence-corrected chi connectivity index (χ0v) is 17.8. The van der Waals surface area contributed by atoms with E-state index in [1.807, 2.05) is 0 Å². The highest BCUT2D eigenvalue weighted by Gasteiger charge is 2.11. The molecule has 0 saturated heterocycles. The van der Waals surface area contributed by atoms with Gasteiger partial charge in [-0.15, -0.1) is 10.2 Å². The molecule has 10 nitrogen and oxygen atoms in total. The minimum atomic E-state index is -0.476. The van der Waals surface area contributed by atoms with Crippen LogP contribution in [0.1, 0.15) is 28.7 Å². The number of thioether (sulfide) groups is 1. The van der Waals surface area contributed by atoms with Crippen LogP contribution in [0, 0.1) is 0 Å². The molecule has 0 saturated carbocycles. The van der Waals surface area contributed by atoms with Crippen LogP contribution in [0.4, 0.5) is 0 Å². The van der Waals surface area contributed by atoms with E-state index in [9.17, 15) is 4.79 Å². The highest BCUT2D eigenvalue weighted by Crippen LogP contribution is 2.22. The lowest BCUT2D eigenvalue weighted by Crippen LogP contribution is -2.04. The molecular weight excluding hydrogens is 416 g/mol. The SMILES string of the molecule is CCc1ccc(-c2cn[nH]c2/C=N/n2cnnc2SCn2ccc(C(=O)OC)n2)cc1. The van der Waals surface area contributed by atoms with E-state index >= 15 is 0 Å². The molecule has 0 aliphatic heterocycles. The summed E-state index contributed by atoms with van der Waals surface area (Å²) in [6.07, 6.45) is 7.68. The Labute approximate surface area is 182 Å². The largest absolute Gasteiger partial charge is 0.464 e. The molecule has 11 heteroatoms. The number of aromatic nitrogens is 7. The zero-order chi connectivity index (χ0) is 21.6. The van der Waals surface area contributed by atoms with Gasteiger partial charge in [-0.1, -0.05) is 43.0 Å². The molecule has 1 N–H and O–H groups in total. The molecule has 0 bridgehead atoms. The second-order valence-corrected chi connectivity index (χ2v) is 7.37. The van der Waals surface area contributed by atoms with Crippen LogP contribution < -0.4 is 0 Å². The number of carbonyl (C=O) groups excluding carboxylic acids is 1. The first kappa shape index (κ1) is 20.5. The maximum atomic E-state index is 11.5. The molecule has 0 atom stereocenters. The fourth-order valence-corrected chi connectivity index (χ4v) is 3.55. The van der Waals surface area contributed by atoms with E-state index in [0.717, 1.165) is 23.2 Å². The molecule has 3 aromatic heterocycles. The summed E-state index contributed by atoms with van der Waals surface area (Å²) in [5.74, 6) is -0.0409. The molecule has 4 aromatic rings. The number of nitrogens with zero attached hydrogens (tertiary/aromatic N) is 7. The fourth-order valence-electron chi connectivity index (χ4n) is 2.83. The van der Waals surface area contributed by atoms with Crippen LogP contribution >= 0.6 is 11.8 Å². The number of hydrogen-bond donors (Lipinski definition) is 1. The average molecular weight is 437 g/mol. The Morgan fingerprint density at radius 3 is 2.90 bits per heavy atom. The van der Waals surface area contributed by atoms with Crippen molar-refractivity contribution in [1.82, 2.24) is 34.9 Å². The van der Waals surface area contributed by atoms with E-state index in [1.165, 1.54) is 30.8 Å². The number of benzene rings is 1. The Kier molecular flexibility index (Phi) is 6.22. The number of nitrogens with one attached hydrogen (secondary N) is 1. The fraction of sp³-hybridized carbons (Fsp3) is 0.200. The quantitative estimate of drug-likeness (QED) is 0.256. The van der Waals surface area contributed by atoms with Crippen molar-refractivity contribution in [2.45, 2.75) is 24.4 Å². The van der Waals surface area contributed by atoms with Gasteiger partial charge in [0.2, 0.25) is 5.16 Å². The maximum absolute atomic E-state index is 11.5. The summed E-state index contributed by atoms with van der Waals surface area (Å²) in [5.41, 5.74) is 4.33. The van der Waals surface area contributed by atoms with Gasteiger partial charge in [-0.05, 0) is 23.6 Å². The van der Waals surface area contributed by atoms with Crippen LogP contribution in [0.2, 0.25) is 0 Å². The second kappa shape index (κ2) is 9.39. The molecule has 0 unspecified atom stereocenters.